The van der Waals surface area contributed by atoms with Crippen LogP contribution < -0.4 is 0 Å². The van der Waals surface area contributed by atoms with Gasteiger partial charge in [-0.1, -0.05) is 20.8 Å². The zero-order valence-electron chi connectivity index (χ0n) is 10.3. The van der Waals surface area contributed by atoms with Crippen LogP contribution >= 0.6 is 11.6 Å². The second kappa shape index (κ2) is 6.33. The van der Waals surface area contributed by atoms with Crippen molar-refractivity contribution in [2.45, 2.75) is 32.6 Å². The van der Waals surface area contributed by atoms with Gasteiger partial charge in [-0.15, -0.1) is 11.6 Å². The number of carbonyl (C=O) groups is 1. The van der Waals surface area contributed by atoms with E-state index in [1.807, 2.05) is 20.8 Å². The number of carbonyl (C=O) groups excluding carboxylic acids is 1. The van der Waals surface area contributed by atoms with Crippen molar-refractivity contribution in [2.75, 3.05) is 27.3 Å². The molecule has 1 atom stereocenters. The highest BCUT2D eigenvalue weighted by molar-refractivity contribution is 6.21. The number of hydrogen-bond donors (Lipinski definition) is 0. The third-order valence-electron chi connectivity index (χ3n) is 1.93. The molecule has 0 aromatic carbocycles. The summed E-state index contributed by atoms with van der Waals surface area (Å²) in [4.78, 5) is 13.4. The fraction of sp³-hybridized carbons (Fsp3) is 0.909. The fourth-order valence-electron chi connectivity index (χ4n) is 1.22. The number of nitrogens with zero attached hydrogens (tertiary/aromatic N) is 1. The van der Waals surface area contributed by atoms with E-state index in [-0.39, 0.29) is 16.7 Å². The van der Waals surface area contributed by atoms with E-state index in [0.29, 0.717) is 19.6 Å². The third kappa shape index (κ3) is 7.63. The van der Waals surface area contributed by atoms with E-state index in [0.717, 1.165) is 0 Å². The van der Waals surface area contributed by atoms with Crippen LogP contribution in [0.15, 0.2) is 0 Å². The van der Waals surface area contributed by atoms with Crippen molar-refractivity contribution in [2.24, 2.45) is 5.41 Å². The normalized spacial score (nSPS) is 13.7. The van der Waals surface area contributed by atoms with E-state index in [2.05, 4.69) is 0 Å². The Kier molecular flexibility index (Phi) is 6.22. The number of methoxy groups -OCH3 is 1. The maximum atomic E-state index is 11.7. The van der Waals surface area contributed by atoms with Crippen LogP contribution in [0, 0.1) is 5.41 Å². The van der Waals surface area contributed by atoms with Crippen molar-refractivity contribution in [1.82, 2.24) is 4.90 Å². The van der Waals surface area contributed by atoms with Gasteiger partial charge in [0.15, 0.2) is 0 Å². The maximum absolute atomic E-state index is 11.7. The van der Waals surface area contributed by atoms with E-state index in [4.69, 9.17) is 16.3 Å². The van der Waals surface area contributed by atoms with E-state index in [1.54, 1.807) is 19.1 Å². The quantitative estimate of drug-likeness (QED) is 0.684. The molecule has 90 valence electrons. The van der Waals surface area contributed by atoms with Crippen molar-refractivity contribution in [1.29, 1.82) is 0 Å². The molecule has 3 nitrogen and oxygen atoms in total. The number of ether oxygens (including phenoxy) is 1. The molecule has 0 heterocycles. The molecule has 0 aliphatic heterocycles. The third-order valence-corrected chi connectivity index (χ3v) is 2.19. The molecular formula is C11H22ClNO2. The molecule has 1 amide bonds. The standard InChI is InChI=1S/C11H22ClNO2/c1-11(2,3)6-10(14)13(4)7-9(12)8-15-5/h9H,6-8H2,1-5H3. The Morgan fingerprint density at radius 3 is 2.40 bits per heavy atom. The van der Waals surface area contributed by atoms with Gasteiger partial charge in [0, 0.05) is 27.1 Å². The zero-order chi connectivity index (χ0) is 12.1. The largest absolute Gasteiger partial charge is 0.383 e. The van der Waals surface area contributed by atoms with Crippen LogP contribution in [0.25, 0.3) is 0 Å². The average Bonchev–Trinajstić information content (AvgIpc) is 2.00. The maximum Gasteiger partial charge on any atom is 0.222 e. The minimum atomic E-state index is -0.135. The molecular weight excluding hydrogens is 214 g/mol. The van der Waals surface area contributed by atoms with E-state index in [1.165, 1.54) is 0 Å². The fourth-order valence-corrected chi connectivity index (χ4v) is 1.55. The summed E-state index contributed by atoms with van der Waals surface area (Å²) in [5.41, 5.74) is 0.0222. The Hall–Kier alpha value is -0.280. The summed E-state index contributed by atoms with van der Waals surface area (Å²) in [6.45, 7) is 7.14. The lowest BCUT2D eigenvalue weighted by Crippen LogP contribution is -2.35. The van der Waals surface area contributed by atoms with E-state index in [9.17, 15) is 4.79 Å². The minimum Gasteiger partial charge on any atom is -0.383 e. The topological polar surface area (TPSA) is 29.5 Å². The molecule has 15 heavy (non-hydrogen) atoms. The molecule has 0 bridgehead atoms. The molecule has 0 aliphatic rings. The Morgan fingerprint density at radius 2 is 2.00 bits per heavy atom. The van der Waals surface area contributed by atoms with Crippen LogP contribution in [-0.2, 0) is 9.53 Å². The van der Waals surface area contributed by atoms with Gasteiger partial charge < -0.3 is 9.64 Å². The van der Waals surface area contributed by atoms with E-state index >= 15 is 0 Å². The van der Waals surface area contributed by atoms with Crippen molar-refractivity contribution < 1.29 is 9.53 Å². The van der Waals surface area contributed by atoms with Gasteiger partial charge in [-0.3, -0.25) is 4.79 Å². The van der Waals surface area contributed by atoms with E-state index < -0.39 is 0 Å². The smallest absolute Gasteiger partial charge is 0.222 e. The molecule has 0 aromatic heterocycles. The predicted octanol–water partition coefficient (Wildman–Crippen LogP) is 2.13. The second-order valence-corrected chi connectivity index (χ2v) is 5.68. The monoisotopic (exact) mass is 235 g/mol. The first kappa shape index (κ1) is 14.7. The van der Waals surface area contributed by atoms with Crippen LogP contribution in [0.5, 0.6) is 0 Å². The number of hydrogen-bond acceptors (Lipinski definition) is 2. The summed E-state index contributed by atoms with van der Waals surface area (Å²) in [7, 11) is 3.38. The number of rotatable bonds is 5. The molecule has 0 aliphatic carbocycles. The van der Waals surface area contributed by atoms with Crippen LogP contribution in [0.1, 0.15) is 27.2 Å². The summed E-state index contributed by atoms with van der Waals surface area (Å²) in [6.07, 6.45) is 0.542. The molecule has 0 rings (SSSR count). The molecule has 0 radical (unpaired) electrons. The average molecular weight is 236 g/mol. The molecule has 0 aromatic rings. The molecule has 0 fully saturated rings. The minimum absolute atomic E-state index is 0.0222. The van der Waals surface area contributed by atoms with Gasteiger partial charge in [-0.05, 0) is 5.41 Å². The molecule has 0 saturated carbocycles. The van der Waals surface area contributed by atoms with Crippen LogP contribution in [-0.4, -0.2) is 43.5 Å². The number of alkyl halides is 1. The summed E-state index contributed by atoms with van der Waals surface area (Å²) < 4.78 is 4.92. The lowest BCUT2D eigenvalue weighted by atomic mass is 9.92. The van der Waals surface area contributed by atoms with Gasteiger partial charge in [-0.25, -0.2) is 0 Å². The Labute approximate surface area is 97.7 Å². The van der Waals surface area contributed by atoms with Crippen LogP contribution in [0.2, 0.25) is 0 Å². The molecule has 0 N–H and O–H groups in total. The summed E-state index contributed by atoms with van der Waals surface area (Å²) in [5, 5.41) is -0.135. The first-order valence-corrected chi connectivity index (χ1v) is 5.57. The van der Waals surface area contributed by atoms with Crippen molar-refractivity contribution in [3.8, 4) is 0 Å². The summed E-state index contributed by atoms with van der Waals surface area (Å²) >= 11 is 5.97. The van der Waals surface area contributed by atoms with Gasteiger partial charge in [0.1, 0.15) is 0 Å². The lowest BCUT2D eigenvalue weighted by Gasteiger charge is -2.24. The SMILES string of the molecule is COCC(Cl)CN(C)C(=O)CC(C)(C)C. The number of halogens is 1. The molecule has 4 heteroatoms. The first-order valence-electron chi connectivity index (χ1n) is 5.13. The van der Waals surface area contributed by atoms with Crippen molar-refractivity contribution in [3.05, 3.63) is 0 Å². The Balaban J connectivity index is 3.99. The highest BCUT2D eigenvalue weighted by Gasteiger charge is 2.20. The number of amides is 1. The summed E-state index contributed by atoms with van der Waals surface area (Å²) in [5.74, 6) is 0.129. The Bertz CT molecular complexity index is 201. The van der Waals surface area contributed by atoms with Crippen LogP contribution in [0.3, 0.4) is 0 Å². The highest BCUT2D eigenvalue weighted by Crippen LogP contribution is 2.19. The molecule has 0 spiro atoms. The predicted molar refractivity (Wildman–Crippen MR) is 63.2 cm³/mol. The molecule has 0 saturated heterocycles. The van der Waals surface area contributed by atoms with Crippen molar-refractivity contribution >= 4 is 17.5 Å². The van der Waals surface area contributed by atoms with Gasteiger partial charge in [0.05, 0.1) is 12.0 Å². The van der Waals surface area contributed by atoms with Gasteiger partial charge in [0.25, 0.3) is 0 Å². The second-order valence-electron chi connectivity index (χ2n) is 5.06. The van der Waals surface area contributed by atoms with Gasteiger partial charge >= 0.3 is 0 Å². The van der Waals surface area contributed by atoms with Gasteiger partial charge in [-0.2, -0.15) is 0 Å². The van der Waals surface area contributed by atoms with Crippen LogP contribution in [0.4, 0.5) is 0 Å². The van der Waals surface area contributed by atoms with Gasteiger partial charge in [0.2, 0.25) is 5.91 Å². The highest BCUT2D eigenvalue weighted by atomic mass is 35.5. The zero-order valence-corrected chi connectivity index (χ0v) is 11.1. The lowest BCUT2D eigenvalue weighted by molar-refractivity contribution is -0.131. The first-order chi connectivity index (χ1) is 6.76. The molecule has 1 unspecified atom stereocenters. The Morgan fingerprint density at radius 1 is 1.47 bits per heavy atom. The van der Waals surface area contributed by atoms with Crippen molar-refractivity contribution in [3.63, 3.8) is 0 Å². The summed E-state index contributed by atoms with van der Waals surface area (Å²) in [6, 6.07) is 0.